The lowest BCUT2D eigenvalue weighted by Gasteiger charge is -2.07. The minimum atomic E-state index is -0.591. The maximum absolute atomic E-state index is 12.0. The van der Waals surface area contributed by atoms with Crippen molar-refractivity contribution in [2.45, 2.75) is 4.90 Å². The number of ether oxygens (including phenoxy) is 1. The van der Waals surface area contributed by atoms with Crippen LogP contribution in [0.2, 0.25) is 0 Å². The first-order valence-electron chi connectivity index (χ1n) is 6.78. The molecule has 1 amide bonds. The van der Waals surface area contributed by atoms with E-state index in [1.807, 2.05) is 18.2 Å². The van der Waals surface area contributed by atoms with Gasteiger partial charge in [0.15, 0.2) is 0 Å². The van der Waals surface area contributed by atoms with E-state index in [-0.39, 0.29) is 28.6 Å². The number of nitrogens with zero attached hydrogens (tertiary/aromatic N) is 2. The molecule has 0 fully saturated rings. The summed E-state index contributed by atoms with van der Waals surface area (Å²) in [5, 5.41) is 22.3. The summed E-state index contributed by atoms with van der Waals surface area (Å²) in [7, 11) is 1.58. The second-order valence-electron chi connectivity index (χ2n) is 4.61. The Bertz CT molecular complexity index is 800. The molecule has 0 spiro atoms. The Morgan fingerprint density at radius 1 is 1.33 bits per heavy atom. The Hall–Kier alpha value is -3.05. The Labute approximate surface area is 142 Å². The molecule has 2 aromatic rings. The van der Waals surface area contributed by atoms with E-state index in [4.69, 9.17) is 10.00 Å². The van der Waals surface area contributed by atoms with Gasteiger partial charge in [-0.05, 0) is 30.3 Å². The summed E-state index contributed by atoms with van der Waals surface area (Å²) < 4.78 is 5.06. The number of amides is 1. The van der Waals surface area contributed by atoms with Crippen molar-refractivity contribution < 1.29 is 14.5 Å². The Balaban J connectivity index is 1.99. The number of benzene rings is 2. The average molecular weight is 343 g/mol. The molecule has 0 aliphatic rings. The number of nitrogens with one attached hydrogen (secondary N) is 1. The van der Waals surface area contributed by atoms with Crippen LogP contribution < -0.4 is 10.1 Å². The lowest BCUT2D eigenvalue weighted by molar-refractivity contribution is -0.384. The molecule has 8 heteroatoms. The molecule has 2 rings (SSSR count). The van der Waals surface area contributed by atoms with Crippen LogP contribution in [0, 0.1) is 21.4 Å². The molecule has 24 heavy (non-hydrogen) atoms. The van der Waals surface area contributed by atoms with Gasteiger partial charge in [-0.1, -0.05) is 0 Å². The van der Waals surface area contributed by atoms with Crippen LogP contribution in [0.5, 0.6) is 5.75 Å². The highest BCUT2D eigenvalue weighted by Crippen LogP contribution is 2.23. The SMILES string of the molecule is COc1ccc(SCC(=O)Nc2ccc([N+](=O)[O-])cc2C#N)cc1. The summed E-state index contributed by atoms with van der Waals surface area (Å²) >= 11 is 1.33. The molecule has 0 atom stereocenters. The number of hydrogen-bond acceptors (Lipinski definition) is 6. The first-order valence-corrected chi connectivity index (χ1v) is 7.77. The molecule has 0 bridgehead atoms. The third-order valence-electron chi connectivity index (χ3n) is 3.04. The lowest BCUT2D eigenvalue weighted by atomic mass is 10.1. The number of anilines is 1. The third kappa shape index (κ3) is 4.47. The monoisotopic (exact) mass is 343 g/mol. The Kier molecular flexibility index (Phi) is 5.76. The summed E-state index contributed by atoms with van der Waals surface area (Å²) in [6.07, 6.45) is 0. The standard InChI is InChI=1S/C16H13N3O4S/c1-23-13-3-5-14(6-4-13)24-10-16(20)18-15-7-2-12(19(21)22)8-11(15)9-17/h2-8H,10H2,1H3,(H,18,20). The van der Waals surface area contributed by atoms with Gasteiger partial charge in [0.2, 0.25) is 5.91 Å². The zero-order valence-electron chi connectivity index (χ0n) is 12.7. The zero-order valence-corrected chi connectivity index (χ0v) is 13.5. The maximum atomic E-state index is 12.0. The molecule has 1 N–H and O–H groups in total. The van der Waals surface area contributed by atoms with E-state index in [0.29, 0.717) is 0 Å². The van der Waals surface area contributed by atoms with Crippen molar-refractivity contribution in [1.82, 2.24) is 0 Å². The fraction of sp³-hybridized carbons (Fsp3) is 0.125. The fourth-order valence-electron chi connectivity index (χ4n) is 1.85. The van der Waals surface area contributed by atoms with Gasteiger partial charge in [0.1, 0.15) is 11.8 Å². The van der Waals surface area contributed by atoms with Gasteiger partial charge in [-0.15, -0.1) is 11.8 Å². The van der Waals surface area contributed by atoms with E-state index in [9.17, 15) is 14.9 Å². The van der Waals surface area contributed by atoms with Crippen LogP contribution in [0.4, 0.5) is 11.4 Å². The van der Waals surface area contributed by atoms with Crippen LogP contribution in [-0.4, -0.2) is 23.7 Å². The zero-order chi connectivity index (χ0) is 17.5. The van der Waals surface area contributed by atoms with Gasteiger partial charge in [-0.2, -0.15) is 5.26 Å². The molecule has 0 saturated carbocycles. The number of methoxy groups -OCH3 is 1. The Morgan fingerprint density at radius 3 is 2.62 bits per heavy atom. The molecule has 0 heterocycles. The second-order valence-corrected chi connectivity index (χ2v) is 5.66. The second kappa shape index (κ2) is 7.99. The summed E-state index contributed by atoms with van der Waals surface area (Å²) in [4.78, 5) is 23.0. The van der Waals surface area contributed by atoms with Crippen molar-refractivity contribution in [2.75, 3.05) is 18.2 Å². The van der Waals surface area contributed by atoms with Gasteiger partial charge in [0.05, 0.1) is 29.0 Å². The van der Waals surface area contributed by atoms with Gasteiger partial charge < -0.3 is 10.1 Å². The van der Waals surface area contributed by atoms with Crippen LogP contribution in [0.1, 0.15) is 5.56 Å². The largest absolute Gasteiger partial charge is 0.497 e. The van der Waals surface area contributed by atoms with Crippen LogP contribution in [-0.2, 0) is 4.79 Å². The number of nitro groups is 1. The van der Waals surface area contributed by atoms with Gasteiger partial charge in [0, 0.05) is 17.0 Å². The first-order chi connectivity index (χ1) is 11.5. The minimum Gasteiger partial charge on any atom is -0.497 e. The van der Waals surface area contributed by atoms with E-state index < -0.39 is 4.92 Å². The highest BCUT2D eigenvalue weighted by Gasteiger charge is 2.12. The molecular formula is C16H13N3O4S. The molecule has 0 unspecified atom stereocenters. The average Bonchev–Trinajstić information content (AvgIpc) is 2.60. The normalized spacial score (nSPS) is 9.83. The number of thioether (sulfide) groups is 1. The van der Waals surface area contributed by atoms with E-state index in [1.165, 1.54) is 23.9 Å². The van der Waals surface area contributed by atoms with Crippen molar-refractivity contribution in [3.8, 4) is 11.8 Å². The van der Waals surface area contributed by atoms with Crippen LogP contribution >= 0.6 is 11.8 Å². The smallest absolute Gasteiger partial charge is 0.270 e. The first kappa shape index (κ1) is 17.3. The maximum Gasteiger partial charge on any atom is 0.270 e. The molecule has 0 aliphatic carbocycles. The number of rotatable bonds is 6. The quantitative estimate of drug-likeness (QED) is 0.490. The van der Waals surface area contributed by atoms with Gasteiger partial charge in [0.25, 0.3) is 5.69 Å². The van der Waals surface area contributed by atoms with E-state index in [2.05, 4.69) is 5.32 Å². The van der Waals surface area contributed by atoms with Gasteiger partial charge >= 0.3 is 0 Å². The lowest BCUT2D eigenvalue weighted by Crippen LogP contribution is -2.15. The van der Waals surface area contributed by atoms with Gasteiger partial charge in [-0.25, -0.2) is 0 Å². The van der Waals surface area contributed by atoms with Crippen molar-refractivity contribution in [3.05, 3.63) is 58.1 Å². The van der Waals surface area contributed by atoms with Crippen molar-refractivity contribution in [3.63, 3.8) is 0 Å². The molecule has 2 aromatic carbocycles. The van der Waals surface area contributed by atoms with Crippen LogP contribution in [0.15, 0.2) is 47.4 Å². The summed E-state index contributed by atoms with van der Waals surface area (Å²) in [6, 6.07) is 12.8. The predicted octanol–water partition coefficient (Wildman–Crippen LogP) is 3.21. The Morgan fingerprint density at radius 2 is 2.04 bits per heavy atom. The minimum absolute atomic E-state index is 0.0481. The highest BCUT2D eigenvalue weighted by molar-refractivity contribution is 8.00. The number of non-ortho nitro benzene ring substituents is 1. The number of carbonyl (C=O) groups is 1. The number of nitriles is 1. The summed E-state index contributed by atoms with van der Waals surface area (Å²) in [5.41, 5.74) is 0.104. The number of carbonyl (C=O) groups excluding carboxylic acids is 1. The molecule has 122 valence electrons. The summed E-state index contributed by atoms with van der Waals surface area (Å²) in [6.45, 7) is 0. The molecule has 7 nitrogen and oxygen atoms in total. The van der Waals surface area contributed by atoms with E-state index in [0.717, 1.165) is 16.7 Å². The molecule has 0 saturated heterocycles. The third-order valence-corrected chi connectivity index (χ3v) is 4.05. The van der Waals surface area contributed by atoms with Gasteiger partial charge in [-0.3, -0.25) is 14.9 Å². The highest BCUT2D eigenvalue weighted by atomic mass is 32.2. The van der Waals surface area contributed by atoms with Crippen molar-refractivity contribution in [1.29, 1.82) is 5.26 Å². The van der Waals surface area contributed by atoms with Crippen molar-refractivity contribution in [2.24, 2.45) is 0 Å². The van der Waals surface area contributed by atoms with Crippen LogP contribution in [0.3, 0.4) is 0 Å². The van der Waals surface area contributed by atoms with E-state index >= 15 is 0 Å². The topological polar surface area (TPSA) is 105 Å². The fourth-order valence-corrected chi connectivity index (χ4v) is 2.55. The predicted molar refractivity (Wildman–Crippen MR) is 90.2 cm³/mol. The molecule has 0 aromatic heterocycles. The van der Waals surface area contributed by atoms with Crippen LogP contribution in [0.25, 0.3) is 0 Å². The number of hydrogen-bond donors (Lipinski definition) is 1. The molecule has 0 radical (unpaired) electrons. The number of nitro benzene ring substituents is 1. The van der Waals surface area contributed by atoms with Crippen molar-refractivity contribution >= 4 is 29.0 Å². The van der Waals surface area contributed by atoms with E-state index in [1.54, 1.807) is 19.2 Å². The summed E-state index contributed by atoms with van der Waals surface area (Å²) in [5.74, 6) is 0.572. The molecular weight excluding hydrogens is 330 g/mol. The molecule has 0 aliphatic heterocycles.